The number of hydrogen-bond donors (Lipinski definition) is 9. The molecule has 0 bridgehead atoms. The summed E-state index contributed by atoms with van der Waals surface area (Å²) < 4.78 is 0. The molecule has 14 nitrogen and oxygen atoms in total. The highest BCUT2D eigenvalue weighted by molar-refractivity contribution is 5.92. The molecule has 5 aliphatic rings. The van der Waals surface area contributed by atoms with Crippen LogP contribution in [-0.4, -0.2) is 92.0 Å². The monoisotopic (exact) mass is 540 g/mol. The third kappa shape index (κ3) is 4.30. The predicted molar refractivity (Wildman–Crippen MR) is 139 cm³/mol. The fourth-order valence-corrected chi connectivity index (χ4v) is 7.59. The van der Waals surface area contributed by atoms with Gasteiger partial charge in [-0.05, 0) is 30.7 Å². The third-order valence-corrected chi connectivity index (χ3v) is 9.36. The summed E-state index contributed by atoms with van der Waals surface area (Å²) in [5, 5.41) is 60.2. The van der Waals surface area contributed by atoms with Gasteiger partial charge in [-0.3, -0.25) is 20.4 Å². The van der Waals surface area contributed by atoms with Crippen LogP contribution in [0, 0.1) is 28.6 Å². The Bertz CT molecular complexity index is 1160. The van der Waals surface area contributed by atoms with E-state index in [4.69, 9.17) is 10.8 Å². The molecule has 8 atom stereocenters. The molecule has 0 radical (unpaired) electrons. The van der Waals surface area contributed by atoms with Gasteiger partial charge in [-0.25, -0.2) is 0 Å². The summed E-state index contributed by atoms with van der Waals surface area (Å²) in [5.74, 6) is 0.124. The summed E-state index contributed by atoms with van der Waals surface area (Å²) in [4.78, 5) is 27.8. The van der Waals surface area contributed by atoms with Gasteiger partial charge in [0.2, 0.25) is 11.8 Å². The lowest BCUT2D eigenvalue weighted by Crippen LogP contribution is -2.78. The number of rotatable bonds is 5. The number of aliphatic hydroxyl groups excluding tert-OH is 1. The van der Waals surface area contributed by atoms with E-state index >= 15 is 0 Å². The zero-order chi connectivity index (χ0) is 27.3. The van der Waals surface area contributed by atoms with E-state index in [1.807, 2.05) is 0 Å². The maximum atomic E-state index is 13.5. The van der Waals surface area contributed by atoms with Crippen LogP contribution in [0.25, 0.3) is 0 Å². The van der Waals surface area contributed by atoms with Gasteiger partial charge in [-0.1, -0.05) is 32.1 Å². The van der Waals surface area contributed by atoms with Gasteiger partial charge in [0.25, 0.3) is 5.91 Å². The maximum Gasteiger partial charge on any atom is 0.271 e. The van der Waals surface area contributed by atoms with Crippen molar-refractivity contribution in [2.45, 2.75) is 74.8 Å². The largest absolute Gasteiger partial charge is 0.492 e. The van der Waals surface area contributed by atoms with Gasteiger partial charge in [0, 0.05) is 25.1 Å². The van der Waals surface area contributed by atoms with Crippen LogP contribution in [0.3, 0.4) is 0 Å². The normalized spacial score (nSPS) is 36.9. The molecule has 39 heavy (non-hydrogen) atoms. The van der Waals surface area contributed by atoms with E-state index in [1.165, 1.54) is 31.4 Å². The SMILES string of the molecule is N=C1N[C@H]2[C@H](CNC(=O)c3ccc(O)nn3)NC(=N)N3CC(NC(=O)C4CCCC5CCCCC54)[C@@H](O)[C@]23N1. The fraction of sp³-hybridized carbons (Fsp3) is 0.680. The molecule has 2 saturated carbocycles. The fourth-order valence-electron chi connectivity index (χ4n) is 7.59. The number of carbonyl (C=O) groups excluding carboxylic acids is 2. The second kappa shape index (κ2) is 9.81. The van der Waals surface area contributed by atoms with Crippen LogP contribution >= 0.6 is 0 Å². The molecule has 4 unspecified atom stereocenters. The minimum absolute atomic E-state index is 0.00872. The first-order chi connectivity index (χ1) is 18.8. The average molecular weight is 541 g/mol. The highest BCUT2D eigenvalue weighted by Gasteiger charge is 2.66. The second-order valence-electron chi connectivity index (χ2n) is 11.4. The van der Waals surface area contributed by atoms with Crippen LogP contribution in [0.4, 0.5) is 0 Å². The minimum Gasteiger partial charge on any atom is -0.492 e. The molecule has 2 amide bonds. The zero-order valence-electron chi connectivity index (χ0n) is 21.6. The Kier molecular flexibility index (Phi) is 6.44. The van der Waals surface area contributed by atoms with Crippen LogP contribution in [0.2, 0.25) is 0 Å². The summed E-state index contributed by atoms with van der Waals surface area (Å²) in [7, 11) is 0. The molecule has 1 aromatic heterocycles. The first kappa shape index (κ1) is 25.6. The van der Waals surface area contributed by atoms with Crippen LogP contribution < -0.4 is 26.6 Å². The number of aliphatic hydroxyl groups is 1. The van der Waals surface area contributed by atoms with Crippen molar-refractivity contribution in [3.8, 4) is 5.88 Å². The lowest BCUT2D eigenvalue weighted by molar-refractivity contribution is -0.131. The number of aromatic hydroxyl groups is 1. The number of amides is 2. The molecule has 1 spiro atoms. The van der Waals surface area contributed by atoms with Crippen molar-refractivity contribution in [2.75, 3.05) is 13.1 Å². The molecule has 3 saturated heterocycles. The molecule has 5 fully saturated rings. The Morgan fingerprint density at radius 1 is 1.10 bits per heavy atom. The average Bonchev–Trinajstić information content (AvgIpc) is 3.43. The summed E-state index contributed by atoms with van der Waals surface area (Å²) >= 11 is 0. The van der Waals surface area contributed by atoms with Crippen molar-refractivity contribution in [3.05, 3.63) is 17.8 Å². The topological polar surface area (TPSA) is 211 Å². The Morgan fingerprint density at radius 3 is 2.69 bits per heavy atom. The molecular weight excluding hydrogens is 504 g/mol. The predicted octanol–water partition coefficient (Wildman–Crippen LogP) is -1.22. The van der Waals surface area contributed by atoms with E-state index in [-0.39, 0.29) is 48.4 Å². The number of guanidine groups is 2. The second-order valence-corrected chi connectivity index (χ2v) is 11.4. The lowest BCUT2D eigenvalue weighted by Gasteiger charge is -2.49. The van der Waals surface area contributed by atoms with Crippen molar-refractivity contribution in [2.24, 2.45) is 17.8 Å². The third-order valence-electron chi connectivity index (χ3n) is 9.36. The standard InChI is InChI=1S/C25H36N10O4/c26-23-31-19-16(10-28-22(39)15-8-9-18(36)34-33-15)30-24(27)35-11-17(20(37)25(19,35)32-23)29-21(38)14-7-3-5-12-4-1-2-6-13(12)14/h8-9,12-14,16-17,19-20,37H,1-7,10-11H2,(H2,27,30)(H,28,39)(H,29,38)(H,34,36)(H3,26,31,32)/t12?,13?,14?,16-,17?,19-,20+,25-/m0/s1. The number of nitrogens with zero attached hydrogens (tertiary/aromatic N) is 3. The Labute approximate surface area is 225 Å². The molecule has 1 aromatic rings. The van der Waals surface area contributed by atoms with Gasteiger partial charge >= 0.3 is 0 Å². The molecule has 6 rings (SSSR count). The summed E-state index contributed by atoms with van der Waals surface area (Å²) in [6.07, 6.45) is 6.65. The summed E-state index contributed by atoms with van der Waals surface area (Å²) in [5.41, 5.74) is -1.22. The highest BCUT2D eigenvalue weighted by Crippen LogP contribution is 2.44. The van der Waals surface area contributed by atoms with Crippen LogP contribution in [0.1, 0.15) is 55.4 Å². The molecule has 2 aliphatic carbocycles. The van der Waals surface area contributed by atoms with E-state index in [0.29, 0.717) is 11.8 Å². The van der Waals surface area contributed by atoms with E-state index in [0.717, 1.165) is 25.7 Å². The molecular formula is C25H36N10O4. The van der Waals surface area contributed by atoms with Crippen molar-refractivity contribution < 1.29 is 19.8 Å². The van der Waals surface area contributed by atoms with Gasteiger partial charge in [0.15, 0.2) is 23.3 Å². The van der Waals surface area contributed by atoms with E-state index in [1.54, 1.807) is 4.90 Å². The minimum atomic E-state index is -1.25. The lowest BCUT2D eigenvalue weighted by atomic mass is 9.65. The first-order valence-corrected chi connectivity index (χ1v) is 13.8. The van der Waals surface area contributed by atoms with Gasteiger partial charge in [-0.2, -0.15) is 0 Å². The highest BCUT2D eigenvalue weighted by atomic mass is 16.3. The van der Waals surface area contributed by atoms with E-state index in [2.05, 4.69) is 36.8 Å². The van der Waals surface area contributed by atoms with Crippen LogP contribution in [-0.2, 0) is 4.79 Å². The van der Waals surface area contributed by atoms with Gasteiger partial charge < -0.3 is 41.7 Å². The number of nitrogens with one attached hydrogen (secondary N) is 7. The van der Waals surface area contributed by atoms with E-state index in [9.17, 15) is 19.8 Å². The molecule has 3 aliphatic heterocycles. The van der Waals surface area contributed by atoms with Gasteiger partial charge in [0.1, 0.15) is 6.10 Å². The smallest absolute Gasteiger partial charge is 0.271 e. The summed E-state index contributed by atoms with van der Waals surface area (Å²) in [6, 6.07) is 0.811. The molecule has 9 N–H and O–H groups in total. The number of aromatic nitrogens is 2. The first-order valence-electron chi connectivity index (χ1n) is 13.8. The van der Waals surface area contributed by atoms with Crippen LogP contribution in [0.15, 0.2) is 12.1 Å². The molecule has 4 heterocycles. The quantitative estimate of drug-likeness (QED) is 0.217. The Hall–Kier alpha value is -3.68. The maximum absolute atomic E-state index is 13.5. The van der Waals surface area contributed by atoms with Crippen molar-refractivity contribution >= 4 is 23.7 Å². The number of hydrogen-bond acceptors (Lipinski definition) is 8. The zero-order valence-corrected chi connectivity index (χ0v) is 21.6. The Morgan fingerprint density at radius 2 is 1.90 bits per heavy atom. The number of carbonyl (C=O) groups is 2. The number of fused-ring (bicyclic) bond motifs is 1. The summed E-state index contributed by atoms with van der Waals surface area (Å²) in [6.45, 7) is 0.265. The van der Waals surface area contributed by atoms with E-state index < -0.39 is 35.8 Å². The molecule has 0 aromatic carbocycles. The van der Waals surface area contributed by atoms with Crippen molar-refractivity contribution in [1.29, 1.82) is 10.8 Å². The molecule has 14 heteroatoms. The van der Waals surface area contributed by atoms with Gasteiger partial charge in [0.05, 0.1) is 18.1 Å². The van der Waals surface area contributed by atoms with Gasteiger partial charge in [-0.15, -0.1) is 10.2 Å². The molecule has 210 valence electrons. The van der Waals surface area contributed by atoms with Crippen molar-refractivity contribution in [1.82, 2.24) is 41.7 Å². The Balaban J connectivity index is 1.17. The van der Waals surface area contributed by atoms with Crippen LogP contribution in [0.5, 0.6) is 5.88 Å². The van der Waals surface area contributed by atoms with Crippen molar-refractivity contribution in [3.63, 3.8) is 0 Å².